The molecule has 1 aromatic carbocycles. The van der Waals surface area contributed by atoms with Gasteiger partial charge in [0.2, 0.25) is 11.8 Å². The van der Waals surface area contributed by atoms with E-state index in [1.165, 1.54) is 6.92 Å². The summed E-state index contributed by atoms with van der Waals surface area (Å²) < 4.78 is 25.7. The second-order valence-corrected chi connectivity index (χ2v) is 16.3. The van der Waals surface area contributed by atoms with Gasteiger partial charge < -0.3 is 39.8 Å². The van der Waals surface area contributed by atoms with Crippen molar-refractivity contribution in [3.63, 3.8) is 0 Å². The number of epoxide rings is 1. The van der Waals surface area contributed by atoms with Crippen molar-refractivity contribution in [1.82, 2.24) is 15.7 Å². The lowest BCUT2D eigenvalue weighted by Crippen LogP contribution is -2.71. The zero-order valence-corrected chi connectivity index (χ0v) is 32.0. The number of allylic oxidation sites excluding steroid dienone is 1. The Balaban J connectivity index is 1.19. The number of carbonyl (C=O) groups excluding carboxylic acids is 3. The van der Waals surface area contributed by atoms with E-state index in [1.54, 1.807) is 5.06 Å². The topological polar surface area (TPSA) is 168 Å². The normalized spacial score (nSPS) is 34.5. The van der Waals surface area contributed by atoms with Crippen molar-refractivity contribution < 1.29 is 48.4 Å². The molecule has 2 bridgehead atoms. The molecule has 0 aromatic heterocycles. The third-order valence-corrected chi connectivity index (χ3v) is 12.4. The van der Waals surface area contributed by atoms with E-state index in [1.807, 2.05) is 18.2 Å². The number of hydroxylamine groups is 2. The van der Waals surface area contributed by atoms with Crippen LogP contribution < -0.4 is 10.6 Å². The second kappa shape index (κ2) is 16.7. The van der Waals surface area contributed by atoms with Crippen molar-refractivity contribution in [2.45, 2.75) is 165 Å². The number of hydrogen-bond acceptors (Lipinski definition) is 11. The van der Waals surface area contributed by atoms with Gasteiger partial charge in [0, 0.05) is 25.8 Å². The summed E-state index contributed by atoms with van der Waals surface area (Å²) in [7, 11) is 0. The van der Waals surface area contributed by atoms with Crippen LogP contribution >= 0.6 is 0 Å². The van der Waals surface area contributed by atoms with Crippen LogP contribution in [0, 0.1) is 11.3 Å². The number of fused-ring (bicyclic) bond motifs is 5. The lowest BCUT2D eigenvalue weighted by atomic mass is 9.62. The molecule has 7 rings (SSSR count). The van der Waals surface area contributed by atoms with Crippen LogP contribution in [0.3, 0.4) is 0 Å². The first kappa shape index (κ1) is 39.3. The van der Waals surface area contributed by atoms with Gasteiger partial charge in [-0.15, -0.1) is 0 Å². The highest BCUT2D eigenvalue weighted by Gasteiger charge is 2.76. The Morgan fingerprint density at radius 2 is 1.80 bits per heavy atom. The number of hydrogen-bond donors (Lipinski definition) is 4. The molecule has 1 aromatic rings. The number of benzene rings is 1. The molecule has 0 radical (unpaired) electrons. The molecule has 2 saturated carbocycles. The minimum atomic E-state index is -1.51. The van der Waals surface area contributed by atoms with Crippen LogP contribution in [0.2, 0.25) is 0 Å². The predicted octanol–water partition coefficient (Wildman–Crippen LogP) is 3.68. The zero-order valence-electron chi connectivity index (χ0n) is 32.0. The van der Waals surface area contributed by atoms with Crippen LogP contribution in [0.25, 0.3) is 6.08 Å². The van der Waals surface area contributed by atoms with Crippen LogP contribution in [-0.2, 0) is 44.7 Å². The Labute approximate surface area is 318 Å². The minimum Gasteiger partial charge on any atom is -0.458 e. The Morgan fingerprint density at radius 3 is 2.50 bits per heavy atom. The Morgan fingerprint density at radius 1 is 1.04 bits per heavy atom. The molecule has 13 nitrogen and oxygen atoms in total. The summed E-state index contributed by atoms with van der Waals surface area (Å²) in [6, 6.07) is 5.55. The Bertz CT molecular complexity index is 1530. The second-order valence-electron chi connectivity index (χ2n) is 16.3. The predicted molar refractivity (Wildman–Crippen MR) is 197 cm³/mol. The molecule has 6 fully saturated rings. The minimum absolute atomic E-state index is 0.0447. The number of ether oxygens (including phenoxy) is 4. The molecule has 3 unspecified atom stereocenters. The molecule has 298 valence electrons. The molecular formula is C41H59N3O10. The van der Waals surface area contributed by atoms with Crippen molar-refractivity contribution in [2.24, 2.45) is 11.3 Å². The van der Waals surface area contributed by atoms with Crippen LogP contribution in [-0.4, -0.2) is 107 Å². The van der Waals surface area contributed by atoms with E-state index in [0.29, 0.717) is 31.0 Å². The first-order valence-corrected chi connectivity index (χ1v) is 20.4. The Hall–Kier alpha value is -2.91. The molecule has 4 heterocycles. The molecule has 6 aliphatic rings. The first-order chi connectivity index (χ1) is 26.1. The highest BCUT2D eigenvalue weighted by Crippen LogP contribution is 2.58. The molecule has 2 amide bonds. The number of nitrogens with one attached hydrogen (secondary N) is 2. The third kappa shape index (κ3) is 7.87. The van der Waals surface area contributed by atoms with Crippen molar-refractivity contribution >= 4 is 23.9 Å². The van der Waals surface area contributed by atoms with Gasteiger partial charge in [0.1, 0.15) is 35.9 Å². The maximum atomic E-state index is 14.8. The SMILES string of the molecule is CCCCCC1(CCCCC)O[C@@H]2[C@H](O1)[C@H]1ON(Cc3cccc(C=CC4CCC5OC5C4)c3)[C@@H]3C(=O)O[C@@H]2C[C@]13C(=O)N[C@@H](C(=O)NCCO)[C@H](C)O. The molecule has 4 aliphatic heterocycles. The maximum absolute atomic E-state index is 14.8. The van der Waals surface area contributed by atoms with Crippen molar-refractivity contribution in [1.29, 1.82) is 0 Å². The van der Waals surface area contributed by atoms with Gasteiger partial charge in [0.05, 0.1) is 31.5 Å². The highest BCUT2D eigenvalue weighted by atomic mass is 16.8. The average molecular weight is 754 g/mol. The lowest BCUT2D eigenvalue weighted by Gasteiger charge is -2.49. The number of esters is 1. The molecule has 54 heavy (non-hydrogen) atoms. The van der Waals surface area contributed by atoms with Crippen molar-refractivity contribution in [3.05, 3.63) is 41.5 Å². The zero-order chi connectivity index (χ0) is 38.0. The average Bonchev–Trinajstić information content (AvgIpc) is 3.70. The largest absolute Gasteiger partial charge is 0.458 e. The number of aliphatic hydroxyl groups excluding tert-OH is 2. The van der Waals surface area contributed by atoms with E-state index in [-0.39, 0.29) is 26.1 Å². The smallest absolute Gasteiger partial charge is 0.327 e. The van der Waals surface area contributed by atoms with Gasteiger partial charge in [-0.3, -0.25) is 19.2 Å². The highest BCUT2D eigenvalue weighted by molar-refractivity contribution is 5.96. The number of carbonyl (C=O) groups is 3. The van der Waals surface area contributed by atoms with E-state index in [2.05, 4.69) is 42.7 Å². The number of unbranched alkanes of at least 4 members (excludes halogenated alkanes) is 4. The molecule has 0 spiro atoms. The van der Waals surface area contributed by atoms with Crippen molar-refractivity contribution in [3.8, 4) is 0 Å². The van der Waals surface area contributed by atoms with Gasteiger partial charge in [0.25, 0.3) is 0 Å². The molecular weight excluding hydrogens is 694 g/mol. The van der Waals surface area contributed by atoms with Crippen molar-refractivity contribution in [2.75, 3.05) is 13.2 Å². The van der Waals surface area contributed by atoms with Gasteiger partial charge in [0.15, 0.2) is 11.8 Å². The summed E-state index contributed by atoms with van der Waals surface area (Å²) in [5, 5.41) is 26.9. The van der Waals surface area contributed by atoms with Crippen LogP contribution in [0.5, 0.6) is 0 Å². The monoisotopic (exact) mass is 753 g/mol. The van der Waals surface area contributed by atoms with E-state index in [0.717, 1.165) is 68.9 Å². The summed E-state index contributed by atoms with van der Waals surface area (Å²) >= 11 is 0. The Kier molecular flexibility index (Phi) is 12.1. The lowest BCUT2D eigenvalue weighted by molar-refractivity contribution is -0.224. The fourth-order valence-electron chi connectivity index (χ4n) is 9.50. The third-order valence-electron chi connectivity index (χ3n) is 12.4. The number of amides is 2. The van der Waals surface area contributed by atoms with E-state index in [9.17, 15) is 24.6 Å². The number of rotatable bonds is 18. The first-order valence-electron chi connectivity index (χ1n) is 20.4. The molecule has 13 heteroatoms. The van der Waals surface area contributed by atoms with Gasteiger partial charge in [-0.2, -0.15) is 5.06 Å². The van der Waals surface area contributed by atoms with Gasteiger partial charge in [-0.05, 0) is 56.1 Å². The van der Waals surface area contributed by atoms with Gasteiger partial charge >= 0.3 is 5.97 Å². The summed E-state index contributed by atoms with van der Waals surface area (Å²) in [6.07, 6.45) is 11.5. The summed E-state index contributed by atoms with van der Waals surface area (Å²) in [4.78, 5) is 48.9. The fraction of sp³-hybridized carbons (Fsp3) is 0.732. The standard InChI is InChI=1S/C41H59N3O10/c1-4-6-8-17-40(18-9-7-5-2)52-33-31-23-41(39(49)43-32(25(3)46)37(47)42-19-20-45)35(38(48)51-31)44(54-36(41)34(33)53-40)24-28-12-10-11-26(21-28)13-14-27-15-16-29-30(22-27)50-29/h10-14,21,25,27,29-36,45-46H,4-9,15-20,22-24H2,1-3H3,(H,42,47)(H,43,49)/t25-,27?,29?,30?,31+,32+,33-,34-,35+,36+,41+/m0/s1. The van der Waals surface area contributed by atoms with E-state index >= 15 is 0 Å². The van der Waals surface area contributed by atoms with Crippen LogP contribution in [0.1, 0.15) is 109 Å². The molecule has 4 N–H and O–H groups in total. The van der Waals surface area contributed by atoms with Crippen LogP contribution in [0.4, 0.5) is 0 Å². The number of nitrogens with zero attached hydrogens (tertiary/aromatic N) is 1. The van der Waals surface area contributed by atoms with Gasteiger partial charge in [-0.1, -0.05) is 75.9 Å². The van der Waals surface area contributed by atoms with Gasteiger partial charge in [-0.25, -0.2) is 0 Å². The fourth-order valence-corrected chi connectivity index (χ4v) is 9.50. The summed E-state index contributed by atoms with van der Waals surface area (Å²) in [6.45, 7) is 5.55. The molecule has 4 saturated heterocycles. The quantitative estimate of drug-likeness (QED) is 0.0981. The molecule has 2 aliphatic carbocycles. The summed E-state index contributed by atoms with van der Waals surface area (Å²) in [5.41, 5.74) is 0.389. The maximum Gasteiger partial charge on any atom is 0.327 e. The van der Waals surface area contributed by atoms with E-state index < -0.39 is 71.6 Å². The summed E-state index contributed by atoms with van der Waals surface area (Å²) in [5.74, 6) is -2.29. The van der Waals surface area contributed by atoms with E-state index in [4.69, 9.17) is 23.8 Å². The van der Waals surface area contributed by atoms with Crippen LogP contribution in [0.15, 0.2) is 30.3 Å². The number of aliphatic hydroxyl groups is 2. The molecule has 11 atom stereocenters.